The van der Waals surface area contributed by atoms with E-state index in [-0.39, 0.29) is 5.91 Å². The molecule has 1 rings (SSSR count). The lowest BCUT2D eigenvalue weighted by atomic mass is 9.92. The molecular weight excluding hydrogens is 156 g/mol. The Kier molecular flexibility index (Phi) is 2.69. The number of carbonyl (C=O) groups is 1. The Morgan fingerprint density at radius 2 is 2.08 bits per heavy atom. The number of piperidine rings is 1. The fourth-order valence-electron chi connectivity index (χ4n) is 1.44. The van der Waals surface area contributed by atoms with Crippen molar-refractivity contribution in [2.75, 3.05) is 19.6 Å². The van der Waals surface area contributed by atoms with E-state index in [1.807, 2.05) is 0 Å². The summed E-state index contributed by atoms with van der Waals surface area (Å²) in [5.41, 5.74) is 4.68. The lowest BCUT2D eigenvalue weighted by molar-refractivity contribution is -0.132. The van der Waals surface area contributed by atoms with Crippen molar-refractivity contribution in [1.82, 2.24) is 4.90 Å². The molecule has 3 N–H and O–H groups in total. The van der Waals surface area contributed by atoms with E-state index < -0.39 is 5.60 Å². The molecule has 0 spiro atoms. The first kappa shape index (κ1) is 9.48. The van der Waals surface area contributed by atoms with Crippen molar-refractivity contribution >= 4 is 5.91 Å². The quantitative estimate of drug-likeness (QED) is 0.550. The van der Waals surface area contributed by atoms with Gasteiger partial charge in [-0.25, -0.2) is 0 Å². The van der Waals surface area contributed by atoms with E-state index in [0.29, 0.717) is 32.5 Å². The third-order valence-corrected chi connectivity index (χ3v) is 2.52. The van der Waals surface area contributed by atoms with Gasteiger partial charge >= 0.3 is 0 Å². The predicted octanol–water partition coefficient (Wildman–Crippen LogP) is -0.681. The van der Waals surface area contributed by atoms with Gasteiger partial charge in [0, 0.05) is 26.6 Å². The Morgan fingerprint density at radius 3 is 2.42 bits per heavy atom. The predicted molar refractivity (Wildman–Crippen MR) is 45.5 cm³/mol. The molecule has 1 heterocycles. The summed E-state index contributed by atoms with van der Waals surface area (Å²) in [6, 6.07) is 0. The first-order valence-corrected chi connectivity index (χ1v) is 4.25. The number of likely N-dealkylation sites (tertiary alicyclic amines) is 1. The van der Waals surface area contributed by atoms with Crippen LogP contribution in [-0.4, -0.2) is 41.1 Å². The lowest BCUT2D eigenvalue weighted by Gasteiger charge is -2.36. The second-order valence-corrected chi connectivity index (χ2v) is 3.43. The summed E-state index contributed by atoms with van der Waals surface area (Å²) in [7, 11) is 0. The molecule has 1 saturated heterocycles. The molecule has 1 aliphatic heterocycles. The number of amides is 1. The summed E-state index contributed by atoms with van der Waals surface area (Å²) in [5.74, 6) is 0.0778. The van der Waals surface area contributed by atoms with E-state index in [1.54, 1.807) is 11.8 Å². The zero-order chi connectivity index (χ0) is 9.19. The van der Waals surface area contributed by atoms with Crippen molar-refractivity contribution in [3.63, 3.8) is 0 Å². The Bertz CT molecular complexity index is 174. The Balaban J connectivity index is 2.44. The Morgan fingerprint density at radius 1 is 1.58 bits per heavy atom. The van der Waals surface area contributed by atoms with Gasteiger partial charge in [0.25, 0.3) is 0 Å². The molecule has 0 aromatic rings. The van der Waals surface area contributed by atoms with Crippen molar-refractivity contribution in [1.29, 1.82) is 0 Å². The Hall–Kier alpha value is -0.610. The average molecular weight is 172 g/mol. The van der Waals surface area contributed by atoms with Crippen molar-refractivity contribution in [3.05, 3.63) is 0 Å². The molecule has 4 nitrogen and oxygen atoms in total. The van der Waals surface area contributed by atoms with E-state index in [0.717, 1.165) is 0 Å². The van der Waals surface area contributed by atoms with Crippen LogP contribution < -0.4 is 5.73 Å². The SMILES string of the molecule is CC(=O)N1CCC(O)(CN)CC1. The van der Waals surface area contributed by atoms with Crippen molar-refractivity contribution in [3.8, 4) is 0 Å². The number of aliphatic hydroxyl groups is 1. The number of hydrogen-bond donors (Lipinski definition) is 2. The van der Waals surface area contributed by atoms with E-state index >= 15 is 0 Å². The normalized spacial score (nSPS) is 22.4. The number of rotatable bonds is 1. The topological polar surface area (TPSA) is 66.6 Å². The van der Waals surface area contributed by atoms with Crippen LogP contribution >= 0.6 is 0 Å². The standard InChI is InChI=1S/C8H16N2O2/c1-7(11)10-4-2-8(12,6-9)3-5-10/h12H,2-6,9H2,1H3. The van der Waals surface area contributed by atoms with Gasteiger partial charge in [-0.05, 0) is 12.8 Å². The minimum Gasteiger partial charge on any atom is -0.388 e. The largest absolute Gasteiger partial charge is 0.388 e. The molecule has 0 aromatic heterocycles. The van der Waals surface area contributed by atoms with Gasteiger partial charge in [0.15, 0.2) is 0 Å². The smallest absolute Gasteiger partial charge is 0.219 e. The van der Waals surface area contributed by atoms with Gasteiger partial charge in [-0.3, -0.25) is 4.79 Å². The third kappa shape index (κ3) is 1.95. The van der Waals surface area contributed by atoms with Crippen LogP contribution in [0.4, 0.5) is 0 Å². The summed E-state index contributed by atoms with van der Waals surface area (Å²) >= 11 is 0. The maximum absolute atomic E-state index is 10.9. The number of carbonyl (C=O) groups excluding carboxylic acids is 1. The Labute approximate surface area is 72.3 Å². The van der Waals surface area contributed by atoms with Gasteiger partial charge in [-0.1, -0.05) is 0 Å². The number of hydrogen-bond acceptors (Lipinski definition) is 3. The monoisotopic (exact) mass is 172 g/mol. The molecular formula is C8H16N2O2. The molecule has 1 fully saturated rings. The third-order valence-electron chi connectivity index (χ3n) is 2.52. The zero-order valence-corrected chi connectivity index (χ0v) is 7.42. The maximum atomic E-state index is 10.9. The number of nitrogens with two attached hydrogens (primary N) is 1. The molecule has 0 aliphatic carbocycles. The fraction of sp³-hybridized carbons (Fsp3) is 0.875. The number of nitrogens with zero attached hydrogens (tertiary/aromatic N) is 1. The summed E-state index contributed by atoms with van der Waals surface area (Å²) in [4.78, 5) is 12.7. The zero-order valence-electron chi connectivity index (χ0n) is 7.42. The molecule has 1 amide bonds. The minimum atomic E-state index is -0.730. The summed E-state index contributed by atoms with van der Waals surface area (Å²) in [6.07, 6.45) is 1.20. The molecule has 1 aliphatic rings. The second kappa shape index (κ2) is 3.41. The molecule has 4 heteroatoms. The van der Waals surface area contributed by atoms with Crippen molar-refractivity contribution in [2.45, 2.75) is 25.4 Å². The van der Waals surface area contributed by atoms with E-state index in [1.165, 1.54) is 0 Å². The van der Waals surface area contributed by atoms with Gasteiger partial charge in [-0.2, -0.15) is 0 Å². The first-order chi connectivity index (χ1) is 5.57. The van der Waals surface area contributed by atoms with Crippen molar-refractivity contribution < 1.29 is 9.90 Å². The van der Waals surface area contributed by atoms with E-state index in [9.17, 15) is 9.90 Å². The average Bonchev–Trinajstić information content (AvgIpc) is 2.05. The van der Waals surface area contributed by atoms with Crippen LogP contribution in [0, 0.1) is 0 Å². The van der Waals surface area contributed by atoms with E-state index in [2.05, 4.69) is 0 Å². The van der Waals surface area contributed by atoms with Crippen molar-refractivity contribution in [2.24, 2.45) is 5.73 Å². The highest BCUT2D eigenvalue weighted by atomic mass is 16.3. The molecule has 0 atom stereocenters. The van der Waals surface area contributed by atoms with E-state index in [4.69, 9.17) is 5.73 Å². The summed E-state index contributed by atoms with van der Waals surface area (Å²) < 4.78 is 0. The van der Waals surface area contributed by atoms with Gasteiger partial charge in [-0.15, -0.1) is 0 Å². The van der Waals surface area contributed by atoms with Crippen LogP contribution in [0.2, 0.25) is 0 Å². The molecule has 0 bridgehead atoms. The highest BCUT2D eigenvalue weighted by Gasteiger charge is 2.31. The highest BCUT2D eigenvalue weighted by Crippen LogP contribution is 2.20. The molecule has 0 saturated carbocycles. The van der Waals surface area contributed by atoms with Crippen LogP contribution in [0.15, 0.2) is 0 Å². The second-order valence-electron chi connectivity index (χ2n) is 3.43. The first-order valence-electron chi connectivity index (χ1n) is 4.25. The minimum absolute atomic E-state index is 0.0778. The van der Waals surface area contributed by atoms with Gasteiger partial charge in [0.05, 0.1) is 5.60 Å². The fourth-order valence-corrected chi connectivity index (χ4v) is 1.44. The molecule has 0 radical (unpaired) electrons. The van der Waals surface area contributed by atoms with Gasteiger partial charge in [0.1, 0.15) is 0 Å². The highest BCUT2D eigenvalue weighted by molar-refractivity contribution is 5.73. The molecule has 0 aromatic carbocycles. The summed E-state index contributed by atoms with van der Waals surface area (Å²) in [6.45, 7) is 3.09. The summed E-state index contributed by atoms with van der Waals surface area (Å²) in [5, 5.41) is 9.72. The van der Waals surface area contributed by atoms with Crippen LogP contribution in [0.25, 0.3) is 0 Å². The molecule has 0 unspecified atom stereocenters. The maximum Gasteiger partial charge on any atom is 0.219 e. The molecule has 12 heavy (non-hydrogen) atoms. The van der Waals surface area contributed by atoms with Crippen LogP contribution in [0.5, 0.6) is 0 Å². The van der Waals surface area contributed by atoms with Gasteiger partial charge < -0.3 is 15.7 Å². The van der Waals surface area contributed by atoms with Crippen LogP contribution in [-0.2, 0) is 4.79 Å². The van der Waals surface area contributed by atoms with Gasteiger partial charge in [0.2, 0.25) is 5.91 Å². The molecule has 70 valence electrons. The van der Waals surface area contributed by atoms with Crippen LogP contribution in [0.3, 0.4) is 0 Å². The lowest BCUT2D eigenvalue weighted by Crippen LogP contribution is -2.49. The van der Waals surface area contributed by atoms with Crippen LogP contribution in [0.1, 0.15) is 19.8 Å².